The van der Waals surface area contributed by atoms with Gasteiger partial charge in [-0.2, -0.15) is 0 Å². The molecule has 0 aromatic heterocycles. The molecule has 4 nitrogen and oxygen atoms in total. The summed E-state index contributed by atoms with van der Waals surface area (Å²) >= 11 is 0. The number of aliphatic hydroxyl groups excluding tert-OH is 1. The van der Waals surface area contributed by atoms with Crippen molar-refractivity contribution in [1.29, 1.82) is 0 Å². The molecule has 0 spiro atoms. The maximum absolute atomic E-state index is 12.1. The third-order valence-corrected chi connectivity index (χ3v) is 3.27. The van der Waals surface area contributed by atoms with Gasteiger partial charge in [-0.25, -0.2) is 0 Å². The van der Waals surface area contributed by atoms with E-state index in [0.29, 0.717) is 30.2 Å². The highest BCUT2D eigenvalue weighted by atomic mass is 16.5. The summed E-state index contributed by atoms with van der Waals surface area (Å²) in [6.45, 7) is 4.73. The van der Waals surface area contributed by atoms with Crippen molar-refractivity contribution in [3.05, 3.63) is 29.3 Å². The van der Waals surface area contributed by atoms with Crippen LogP contribution in [0.15, 0.2) is 18.2 Å². The van der Waals surface area contributed by atoms with Crippen molar-refractivity contribution < 1.29 is 14.6 Å². The van der Waals surface area contributed by atoms with Crippen LogP contribution in [-0.4, -0.2) is 31.3 Å². The van der Waals surface area contributed by atoms with Crippen LogP contribution in [0.25, 0.3) is 0 Å². The van der Waals surface area contributed by atoms with Crippen molar-refractivity contribution in [2.75, 3.05) is 20.3 Å². The number of carbonyl (C=O) groups excluding carboxylic acids is 1. The van der Waals surface area contributed by atoms with Crippen LogP contribution in [0.4, 0.5) is 0 Å². The molecule has 0 radical (unpaired) electrons. The fourth-order valence-corrected chi connectivity index (χ4v) is 1.96. The lowest BCUT2D eigenvalue weighted by Gasteiger charge is -2.15. The summed E-state index contributed by atoms with van der Waals surface area (Å²) in [6, 6.07) is 5.53. The van der Waals surface area contributed by atoms with Gasteiger partial charge in [0.1, 0.15) is 5.75 Å². The van der Waals surface area contributed by atoms with Crippen LogP contribution in [0.3, 0.4) is 0 Å². The summed E-state index contributed by atoms with van der Waals surface area (Å²) in [7, 11) is 1.56. The maximum Gasteiger partial charge on any atom is 0.255 e. The molecule has 0 heterocycles. The lowest BCUT2D eigenvalue weighted by molar-refractivity contribution is 0.0940. The van der Waals surface area contributed by atoms with Crippen LogP contribution >= 0.6 is 0 Å². The third kappa shape index (κ3) is 4.56. The first-order valence-corrected chi connectivity index (χ1v) is 6.66. The second-order valence-electron chi connectivity index (χ2n) is 4.70. The molecule has 1 unspecified atom stereocenters. The number of carbonyl (C=O) groups is 1. The van der Waals surface area contributed by atoms with Gasteiger partial charge < -0.3 is 15.2 Å². The molecule has 0 aliphatic carbocycles. The summed E-state index contributed by atoms with van der Waals surface area (Å²) in [5, 5.41) is 11.8. The predicted molar refractivity (Wildman–Crippen MR) is 75.5 cm³/mol. The molecule has 1 amide bonds. The van der Waals surface area contributed by atoms with Gasteiger partial charge >= 0.3 is 0 Å². The fourth-order valence-electron chi connectivity index (χ4n) is 1.96. The average molecular weight is 265 g/mol. The Morgan fingerprint density at radius 1 is 1.47 bits per heavy atom. The molecule has 0 bridgehead atoms. The summed E-state index contributed by atoms with van der Waals surface area (Å²) in [4.78, 5) is 12.1. The highest BCUT2D eigenvalue weighted by Gasteiger charge is 2.14. The van der Waals surface area contributed by atoms with Crippen molar-refractivity contribution in [2.24, 2.45) is 5.92 Å². The van der Waals surface area contributed by atoms with Gasteiger partial charge in [0.25, 0.3) is 5.91 Å². The van der Waals surface area contributed by atoms with Crippen molar-refractivity contribution >= 4 is 5.91 Å². The lowest BCUT2D eigenvalue weighted by atomic mass is 10.0. The number of aryl methyl sites for hydroxylation is 1. The molecule has 4 heteroatoms. The smallest absolute Gasteiger partial charge is 0.255 e. The Morgan fingerprint density at radius 3 is 2.79 bits per heavy atom. The highest BCUT2D eigenvalue weighted by molar-refractivity contribution is 5.97. The standard InChI is InChI=1S/C15H23NO3/c1-4-12(7-8-17)10-16-15(18)13-9-11(2)5-6-14(13)19-3/h5-6,9,12,17H,4,7-8,10H2,1-3H3,(H,16,18). The van der Waals surface area contributed by atoms with E-state index in [0.717, 1.165) is 12.0 Å². The Kier molecular flexibility index (Phi) is 6.36. The molecule has 1 aromatic rings. The van der Waals surface area contributed by atoms with E-state index in [-0.39, 0.29) is 12.5 Å². The summed E-state index contributed by atoms with van der Waals surface area (Å²) in [5.74, 6) is 0.764. The van der Waals surface area contributed by atoms with Gasteiger partial charge in [-0.1, -0.05) is 25.0 Å². The molecule has 0 aliphatic rings. The molecule has 0 aliphatic heterocycles. The Balaban J connectivity index is 2.69. The molecule has 2 N–H and O–H groups in total. The molecule has 19 heavy (non-hydrogen) atoms. The zero-order valence-electron chi connectivity index (χ0n) is 11.9. The zero-order chi connectivity index (χ0) is 14.3. The Labute approximate surface area is 114 Å². The maximum atomic E-state index is 12.1. The first-order valence-electron chi connectivity index (χ1n) is 6.66. The molecular weight excluding hydrogens is 242 g/mol. The number of nitrogens with one attached hydrogen (secondary N) is 1. The van der Waals surface area contributed by atoms with E-state index in [1.807, 2.05) is 19.1 Å². The van der Waals surface area contributed by atoms with Gasteiger partial charge in [0.2, 0.25) is 0 Å². The van der Waals surface area contributed by atoms with Gasteiger partial charge in [0.05, 0.1) is 12.7 Å². The molecule has 1 rings (SSSR count). The molecular formula is C15H23NO3. The van der Waals surface area contributed by atoms with E-state index < -0.39 is 0 Å². The molecule has 0 saturated carbocycles. The fraction of sp³-hybridized carbons (Fsp3) is 0.533. The van der Waals surface area contributed by atoms with Crippen molar-refractivity contribution in [3.8, 4) is 5.75 Å². The first-order chi connectivity index (χ1) is 9.12. The molecule has 0 saturated heterocycles. The molecule has 1 aromatic carbocycles. The lowest BCUT2D eigenvalue weighted by Crippen LogP contribution is -2.29. The highest BCUT2D eigenvalue weighted by Crippen LogP contribution is 2.19. The average Bonchev–Trinajstić information content (AvgIpc) is 2.43. The van der Waals surface area contributed by atoms with Gasteiger partial charge in [-0.15, -0.1) is 0 Å². The van der Waals surface area contributed by atoms with Crippen LogP contribution in [-0.2, 0) is 0 Å². The number of benzene rings is 1. The minimum Gasteiger partial charge on any atom is -0.496 e. The van der Waals surface area contributed by atoms with E-state index in [4.69, 9.17) is 9.84 Å². The van der Waals surface area contributed by atoms with E-state index >= 15 is 0 Å². The second kappa shape index (κ2) is 7.79. The van der Waals surface area contributed by atoms with Gasteiger partial charge in [0.15, 0.2) is 0 Å². The van der Waals surface area contributed by atoms with Crippen molar-refractivity contribution in [3.63, 3.8) is 0 Å². The number of aliphatic hydroxyl groups is 1. The number of ether oxygens (including phenoxy) is 1. The second-order valence-corrected chi connectivity index (χ2v) is 4.70. The Bertz CT molecular complexity index is 418. The number of hydrogen-bond acceptors (Lipinski definition) is 3. The molecule has 1 atom stereocenters. The SMILES string of the molecule is CCC(CCO)CNC(=O)c1cc(C)ccc1OC. The predicted octanol–water partition coefficient (Wildman–Crippen LogP) is 2.14. The van der Waals surface area contributed by atoms with Crippen molar-refractivity contribution in [2.45, 2.75) is 26.7 Å². The van der Waals surface area contributed by atoms with Gasteiger partial charge in [-0.3, -0.25) is 4.79 Å². The Hall–Kier alpha value is -1.55. The third-order valence-electron chi connectivity index (χ3n) is 3.27. The summed E-state index contributed by atoms with van der Waals surface area (Å²) in [5.41, 5.74) is 1.58. The van der Waals surface area contributed by atoms with E-state index in [1.165, 1.54) is 0 Å². The van der Waals surface area contributed by atoms with Gasteiger partial charge in [0, 0.05) is 13.2 Å². The topological polar surface area (TPSA) is 58.6 Å². The van der Waals surface area contributed by atoms with Crippen LogP contribution in [0.5, 0.6) is 5.75 Å². The van der Waals surface area contributed by atoms with Crippen LogP contribution in [0.2, 0.25) is 0 Å². The Morgan fingerprint density at radius 2 is 2.21 bits per heavy atom. The normalized spacial score (nSPS) is 12.0. The number of methoxy groups -OCH3 is 1. The minimum atomic E-state index is -0.128. The van der Waals surface area contributed by atoms with Crippen LogP contribution < -0.4 is 10.1 Å². The van der Waals surface area contributed by atoms with E-state index in [1.54, 1.807) is 13.2 Å². The van der Waals surface area contributed by atoms with Gasteiger partial charge in [-0.05, 0) is 31.4 Å². The quantitative estimate of drug-likeness (QED) is 0.794. The van der Waals surface area contributed by atoms with Crippen LogP contribution in [0.1, 0.15) is 35.7 Å². The summed E-state index contributed by atoms with van der Waals surface area (Å²) < 4.78 is 5.20. The van der Waals surface area contributed by atoms with E-state index in [2.05, 4.69) is 12.2 Å². The molecule has 0 fully saturated rings. The zero-order valence-corrected chi connectivity index (χ0v) is 11.9. The minimum absolute atomic E-state index is 0.128. The number of rotatable bonds is 7. The first kappa shape index (κ1) is 15.5. The summed E-state index contributed by atoms with van der Waals surface area (Å²) in [6.07, 6.45) is 1.65. The molecule has 106 valence electrons. The number of amides is 1. The largest absolute Gasteiger partial charge is 0.496 e. The monoisotopic (exact) mass is 265 g/mol. The number of hydrogen-bond donors (Lipinski definition) is 2. The van der Waals surface area contributed by atoms with E-state index in [9.17, 15) is 4.79 Å². The van der Waals surface area contributed by atoms with Crippen molar-refractivity contribution in [1.82, 2.24) is 5.32 Å². The van der Waals surface area contributed by atoms with Crippen LogP contribution in [0, 0.1) is 12.8 Å².